The molecule has 1 amide bonds. The second-order valence-electron chi connectivity index (χ2n) is 7.57. The van der Waals surface area contributed by atoms with Crippen LogP contribution in [0.1, 0.15) is 34.1 Å². The number of anilines is 2. The van der Waals surface area contributed by atoms with Crippen LogP contribution in [0.4, 0.5) is 11.5 Å². The van der Waals surface area contributed by atoms with Crippen molar-refractivity contribution >= 4 is 17.4 Å². The van der Waals surface area contributed by atoms with E-state index in [9.17, 15) is 4.79 Å². The van der Waals surface area contributed by atoms with E-state index in [0.29, 0.717) is 5.69 Å². The predicted octanol–water partition coefficient (Wildman–Crippen LogP) is 3.63. The monoisotopic (exact) mass is 370 g/mol. The van der Waals surface area contributed by atoms with Gasteiger partial charge in [0.05, 0.1) is 0 Å². The van der Waals surface area contributed by atoms with Crippen LogP contribution in [0.2, 0.25) is 0 Å². The number of hydrogen-bond donors (Lipinski definition) is 0. The highest BCUT2D eigenvalue weighted by atomic mass is 16.2. The van der Waals surface area contributed by atoms with Gasteiger partial charge in [-0.15, -0.1) is 10.2 Å². The molecule has 1 aromatic heterocycles. The minimum atomic E-state index is -0.0829. The average molecular weight is 370 g/mol. The number of hydrogen-bond acceptors (Lipinski definition) is 4. The number of fused-ring (bicyclic) bond motifs is 2. The van der Waals surface area contributed by atoms with Crippen LogP contribution in [0.3, 0.4) is 0 Å². The molecule has 2 aliphatic heterocycles. The van der Waals surface area contributed by atoms with Crippen LogP contribution >= 0.6 is 0 Å². The maximum atomic E-state index is 13.1. The summed E-state index contributed by atoms with van der Waals surface area (Å²) >= 11 is 0. The summed E-state index contributed by atoms with van der Waals surface area (Å²) in [5, 5.41) is 8.66. The molecule has 5 nitrogen and oxygen atoms in total. The Bertz CT molecular complexity index is 1030. The number of amides is 1. The largest absolute Gasteiger partial charge is 0.350 e. The maximum Gasteiger partial charge on any atom is 0.279 e. The molecule has 5 rings (SSSR count). The maximum absolute atomic E-state index is 13.1. The van der Waals surface area contributed by atoms with Crippen LogP contribution < -0.4 is 9.80 Å². The highest BCUT2D eigenvalue weighted by molar-refractivity contribution is 6.06. The second kappa shape index (κ2) is 6.75. The first-order chi connectivity index (χ1) is 13.7. The number of benzene rings is 2. The van der Waals surface area contributed by atoms with Gasteiger partial charge in [-0.2, -0.15) is 0 Å². The van der Waals surface area contributed by atoms with E-state index < -0.39 is 0 Å². The fourth-order valence-corrected chi connectivity index (χ4v) is 4.30. The van der Waals surface area contributed by atoms with Gasteiger partial charge < -0.3 is 9.80 Å². The van der Waals surface area contributed by atoms with Crippen molar-refractivity contribution in [2.24, 2.45) is 0 Å². The van der Waals surface area contributed by atoms with Crippen LogP contribution in [0.25, 0.3) is 0 Å². The van der Waals surface area contributed by atoms with Gasteiger partial charge in [0.25, 0.3) is 5.91 Å². The molecule has 0 aliphatic carbocycles. The van der Waals surface area contributed by atoms with Crippen molar-refractivity contribution in [2.75, 3.05) is 16.3 Å². The number of nitrogens with zero attached hydrogens (tertiary/aromatic N) is 4. The molecule has 0 saturated heterocycles. The standard InChI is InChI=1S/C23H22N4O/c1-16-14-18-7-4-5-9-21(18)27(16)23(28)20-10-11-22(25-24-20)26-13-12-17-6-2-3-8-19(17)15-26/h2-11,16H,12-15H2,1H3. The van der Waals surface area contributed by atoms with Gasteiger partial charge in [-0.1, -0.05) is 42.5 Å². The highest BCUT2D eigenvalue weighted by Gasteiger charge is 2.32. The van der Waals surface area contributed by atoms with E-state index in [0.717, 1.165) is 37.4 Å². The molecule has 0 saturated carbocycles. The second-order valence-corrected chi connectivity index (χ2v) is 7.57. The molecular weight excluding hydrogens is 348 g/mol. The number of rotatable bonds is 2. The van der Waals surface area contributed by atoms with Gasteiger partial charge in [-0.25, -0.2) is 0 Å². The number of carbonyl (C=O) groups excluding carboxylic acids is 1. The molecule has 2 aromatic carbocycles. The van der Waals surface area contributed by atoms with Crippen molar-refractivity contribution in [3.05, 3.63) is 83.0 Å². The third-order valence-corrected chi connectivity index (χ3v) is 5.75. The summed E-state index contributed by atoms with van der Waals surface area (Å²) in [6.45, 7) is 3.81. The Balaban J connectivity index is 1.37. The lowest BCUT2D eigenvalue weighted by Crippen LogP contribution is -2.36. The quantitative estimate of drug-likeness (QED) is 0.691. The third-order valence-electron chi connectivity index (χ3n) is 5.75. The van der Waals surface area contributed by atoms with Crippen LogP contribution in [-0.2, 0) is 19.4 Å². The van der Waals surface area contributed by atoms with Gasteiger partial charge in [-0.05, 0) is 54.7 Å². The summed E-state index contributed by atoms with van der Waals surface area (Å²) < 4.78 is 0. The molecule has 0 N–H and O–H groups in total. The van der Waals surface area contributed by atoms with E-state index in [2.05, 4.69) is 52.4 Å². The van der Waals surface area contributed by atoms with Crippen molar-refractivity contribution < 1.29 is 4.79 Å². The van der Waals surface area contributed by atoms with Crippen molar-refractivity contribution in [1.29, 1.82) is 0 Å². The van der Waals surface area contributed by atoms with Crippen molar-refractivity contribution in [3.8, 4) is 0 Å². The van der Waals surface area contributed by atoms with E-state index in [1.54, 1.807) is 6.07 Å². The lowest BCUT2D eigenvalue weighted by Gasteiger charge is -2.29. The molecule has 0 spiro atoms. The molecule has 1 atom stereocenters. The van der Waals surface area contributed by atoms with E-state index in [-0.39, 0.29) is 11.9 Å². The van der Waals surface area contributed by atoms with Gasteiger partial charge in [0.2, 0.25) is 0 Å². The average Bonchev–Trinajstić information content (AvgIpc) is 3.08. The van der Waals surface area contributed by atoms with Crippen LogP contribution in [0.15, 0.2) is 60.7 Å². The first kappa shape index (κ1) is 16.9. The van der Waals surface area contributed by atoms with Crippen molar-refractivity contribution in [1.82, 2.24) is 10.2 Å². The van der Waals surface area contributed by atoms with E-state index in [1.165, 1.54) is 16.7 Å². The highest BCUT2D eigenvalue weighted by Crippen LogP contribution is 2.33. The van der Waals surface area contributed by atoms with Crippen molar-refractivity contribution in [3.63, 3.8) is 0 Å². The van der Waals surface area contributed by atoms with Crippen LogP contribution in [-0.4, -0.2) is 28.7 Å². The summed E-state index contributed by atoms with van der Waals surface area (Å²) in [5.41, 5.74) is 5.32. The van der Waals surface area contributed by atoms with Crippen LogP contribution in [0, 0.1) is 0 Å². The first-order valence-corrected chi connectivity index (χ1v) is 9.77. The third kappa shape index (κ3) is 2.83. The zero-order valence-corrected chi connectivity index (χ0v) is 15.9. The van der Waals surface area contributed by atoms with Gasteiger partial charge in [0.15, 0.2) is 11.5 Å². The lowest BCUT2D eigenvalue weighted by atomic mass is 10.00. The van der Waals surface area contributed by atoms with E-state index in [4.69, 9.17) is 0 Å². The Hall–Kier alpha value is -3.21. The molecule has 0 bridgehead atoms. The smallest absolute Gasteiger partial charge is 0.279 e. The SMILES string of the molecule is CC1Cc2ccccc2N1C(=O)c1ccc(N2CCc3ccccc3C2)nn1. The predicted molar refractivity (Wildman–Crippen MR) is 110 cm³/mol. The Morgan fingerprint density at radius 1 is 0.929 bits per heavy atom. The summed E-state index contributed by atoms with van der Waals surface area (Å²) in [4.78, 5) is 17.1. The fraction of sp³-hybridized carbons (Fsp3) is 0.261. The van der Waals surface area contributed by atoms with Gasteiger partial charge in [0, 0.05) is 24.8 Å². The number of carbonyl (C=O) groups is 1. The molecular formula is C23H22N4O. The zero-order chi connectivity index (χ0) is 19.1. The van der Waals surface area contributed by atoms with Gasteiger partial charge in [-0.3, -0.25) is 4.79 Å². The number of para-hydroxylation sites is 1. The summed E-state index contributed by atoms with van der Waals surface area (Å²) in [7, 11) is 0. The molecule has 0 radical (unpaired) electrons. The van der Waals surface area contributed by atoms with Gasteiger partial charge >= 0.3 is 0 Å². The number of aromatic nitrogens is 2. The minimum absolute atomic E-state index is 0.0829. The summed E-state index contributed by atoms with van der Waals surface area (Å²) in [6.07, 6.45) is 1.88. The topological polar surface area (TPSA) is 49.3 Å². The fourth-order valence-electron chi connectivity index (χ4n) is 4.30. The molecule has 28 heavy (non-hydrogen) atoms. The lowest BCUT2D eigenvalue weighted by molar-refractivity contribution is 0.0975. The molecule has 3 aromatic rings. The molecule has 0 fully saturated rings. The first-order valence-electron chi connectivity index (χ1n) is 9.77. The Morgan fingerprint density at radius 2 is 1.68 bits per heavy atom. The molecule has 140 valence electrons. The summed E-state index contributed by atoms with van der Waals surface area (Å²) in [5.74, 6) is 0.737. The van der Waals surface area contributed by atoms with Gasteiger partial charge in [0.1, 0.15) is 0 Å². The molecule has 5 heteroatoms. The van der Waals surface area contributed by atoms with Crippen molar-refractivity contribution in [2.45, 2.75) is 32.4 Å². The normalized spacial score (nSPS) is 18.0. The minimum Gasteiger partial charge on any atom is -0.350 e. The van der Waals surface area contributed by atoms with E-state index in [1.807, 2.05) is 29.2 Å². The molecule has 2 aliphatic rings. The summed E-state index contributed by atoms with van der Waals surface area (Å²) in [6, 6.07) is 20.5. The zero-order valence-electron chi connectivity index (χ0n) is 15.9. The Morgan fingerprint density at radius 3 is 2.46 bits per heavy atom. The Kier molecular flexibility index (Phi) is 4.08. The van der Waals surface area contributed by atoms with Crippen LogP contribution in [0.5, 0.6) is 0 Å². The molecule has 3 heterocycles. The van der Waals surface area contributed by atoms with E-state index >= 15 is 0 Å². The molecule has 1 unspecified atom stereocenters. The Labute approximate surface area is 164 Å².